The van der Waals surface area contributed by atoms with Crippen molar-refractivity contribution < 1.29 is 9.13 Å². The van der Waals surface area contributed by atoms with Gasteiger partial charge in [0.2, 0.25) is 0 Å². The molecule has 0 saturated heterocycles. The number of methoxy groups -OCH3 is 1. The van der Waals surface area contributed by atoms with E-state index in [0.29, 0.717) is 11.6 Å². The van der Waals surface area contributed by atoms with Crippen LogP contribution in [0.5, 0.6) is 0 Å². The van der Waals surface area contributed by atoms with E-state index in [0.717, 1.165) is 16.7 Å². The van der Waals surface area contributed by atoms with Crippen LogP contribution >= 0.6 is 11.6 Å². The molecule has 0 aliphatic rings. The molecule has 0 heterocycles. The fourth-order valence-corrected chi connectivity index (χ4v) is 1.94. The van der Waals surface area contributed by atoms with Gasteiger partial charge in [-0.05, 0) is 41.0 Å². The van der Waals surface area contributed by atoms with Crippen LogP contribution in [0.25, 0.3) is 11.1 Å². The standard InChI is InChI=1S/C14H12ClFO/c1-17-9-11-8-12(15)4-7-14(11)10-2-5-13(16)6-3-10/h2-8H,9H2,1H3. The van der Waals surface area contributed by atoms with E-state index in [9.17, 15) is 4.39 Å². The van der Waals surface area contributed by atoms with Crippen molar-refractivity contribution in [2.75, 3.05) is 7.11 Å². The lowest BCUT2D eigenvalue weighted by atomic mass is 10.0. The summed E-state index contributed by atoms with van der Waals surface area (Å²) in [5, 5.41) is 0.669. The molecule has 0 aliphatic heterocycles. The van der Waals surface area contributed by atoms with Crippen molar-refractivity contribution >= 4 is 11.6 Å². The van der Waals surface area contributed by atoms with E-state index in [1.807, 2.05) is 18.2 Å². The Balaban J connectivity index is 2.46. The first kappa shape index (κ1) is 12.1. The molecule has 0 atom stereocenters. The van der Waals surface area contributed by atoms with Gasteiger partial charge in [-0.15, -0.1) is 0 Å². The summed E-state index contributed by atoms with van der Waals surface area (Å²) < 4.78 is 18.0. The van der Waals surface area contributed by atoms with Gasteiger partial charge in [-0.1, -0.05) is 29.8 Å². The lowest BCUT2D eigenvalue weighted by Crippen LogP contribution is -1.92. The van der Waals surface area contributed by atoms with Crippen LogP contribution in [0.15, 0.2) is 42.5 Å². The third-order valence-corrected chi connectivity index (χ3v) is 2.76. The van der Waals surface area contributed by atoms with Crippen molar-refractivity contribution in [3.05, 3.63) is 58.9 Å². The number of hydrogen-bond acceptors (Lipinski definition) is 1. The average molecular weight is 251 g/mol. The van der Waals surface area contributed by atoms with E-state index in [1.54, 1.807) is 19.2 Å². The summed E-state index contributed by atoms with van der Waals surface area (Å²) in [6.45, 7) is 0.479. The van der Waals surface area contributed by atoms with Crippen LogP contribution in [-0.2, 0) is 11.3 Å². The van der Waals surface area contributed by atoms with E-state index in [-0.39, 0.29) is 5.82 Å². The molecule has 0 aromatic heterocycles. The van der Waals surface area contributed by atoms with Gasteiger partial charge < -0.3 is 4.74 Å². The lowest BCUT2D eigenvalue weighted by molar-refractivity contribution is 0.185. The first-order valence-corrected chi connectivity index (χ1v) is 5.62. The normalized spacial score (nSPS) is 10.5. The Morgan fingerprint density at radius 3 is 2.47 bits per heavy atom. The number of rotatable bonds is 3. The van der Waals surface area contributed by atoms with Crippen molar-refractivity contribution in [2.45, 2.75) is 6.61 Å². The van der Waals surface area contributed by atoms with Crippen molar-refractivity contribution in [3.63, 3.8) is 0 Å². The molecule has 0 aliphatic carbocycles. The summed E-state index contributed by atoms with van der Waals surface area (Å²) in [5.41, 5.74) is 2.96. The molecular weight excluding hydrogens is 239 g/mol. The summed E-state index contributed by atoms with van der Waals surface area (Å²) in [7, 11) is 1.63. The van der Waals surface area contributed by atoms with E-state index < -0.39 is 0 Å². The molecule has 0 saturated carbocycles. The molecule has 3 heteroatoms. The van der Waals surface area contributed by atoms with Gasteiger partial charge in [-0.3, -0.25) is 0 Å². The fourth-order valence-electron chi connectivity index (χ4n) is 1.75. The number of halogens is 2. The van der Waals surface area contributed by atoms with E-state index in [1.165, 1.54) is 12.1 Å². The Bertz CT molecular complexity index is 508. The summed E-state index contributed by atoms with van der Waals surface area (Å²) in [4.78, 5) is 0. The molecule has 2 aromatic carbocycles. The highest BCUT2D eigenvalue weighted by atomic mass is 35.5. The van der Waals surface area contributed by atoms with Gasteiger partial charge in [0.05, 0.1) is 6.61 Å². The van der Waals surface area contributed by atoms with Gasteiger partial charge in [0.15, 0.2) is 0 Å². The summed E-state index contributed by atoms with van der Waals surface area (Å²) in [6.07, 6.45) is 0. The second kappa shape index (κ2) is 5.30. The molecule has 2 rings (SSSR count). The fraction of sp³-hybridized carbons (Fsp3) is 0.143. The molecule has 0 radical (unpaired) electrons. The van der Waals surface area contributed by atoms with Crippen molar-refractivity contribution in [3.8, 4) is 11.1 Å². The monoisotopic (exact) mass is 250 g/mol. The third-order valence-electron chi connectivity index (χ3n) is 2.52. The maximum absolute atomic E-state index is 12.9. The smallest absolute Gasteiger partial charge is 0.123 e. The number of ether oxygens (including phenoxy) is 1. The van der Waals surface area contributed by atoms with Gasteiger partial charge >= 0.3 is 0 Å². The van der Waals surface area contributed by atoms with Crippen LogP contribution in [0, 0.1) is 5.82 Å². The summed E-state index contributed by atoms with van der Waals surface area (Å²) in [5.74, 6) is -0.240. The molecule has 0 fully saturated rings. The first-order chi connectivity index (χ1) is 8.20. The Hall–Kier alpha value is -1.38. The molecule has 2 aromatic rings. The molecule has 1 nitrogen and oxygen atoms in total. The minimum absolute atomic E-state index is 0.240. The zero-order chi connectivity index (χ0) is 12.3. The van der Waals surface area contributed by atoms with Gasteiger partial charge in [-0.25, -0.2) is 4.39 Å². The largest absolute Gasteiger partial charge is 0.380 e. The second-order valence-electron chi connectivity index (χ2n) is 3.74. The van der Waals surface area contributed by atoms with E-state index in [4.69, 9.17) is 16.3 Å². The van der Waals surface area contributed by atoms with Gasteiger partial charge in [0, 0.05) is 12.1 Å². The molecular formula is C14H12ClFO. The van der Waals surface area contributed by atoms with Crippen LogP contribution < -0.4 is 0 Å². The minimum atomic E-state index is -0.240. The number of hydrogen-bond donors (Lipinski definition) is 0. The maximum atomic E-state index is 12.9. The quantitative estimate of drug-likeness (QED) is 0.790. The summed E-state index contributed by atoms with van der Waals surface area (Å²) in [6, 6.07) is 12.0. The maximum Gasteiger partial charge on any atom is 0.123 e. The Labute approximate surface area is 105 Å². The lowest BCUT2D eigenvalue weighted by Gasteiger charge is -2.09. The van der Waals surface area contributed by atoms with Crippen LogP contribution in [0.4, 0.5) is 4.39 Å². The molecule has 17 heavy (non-hydrogen) atoms. The predicted octanol–water partition coefficient (Wildman–Crippen LogP) is 4.29. The van der Waals surface area contributed by atoms with Crippen LogP contribution in [-0.4, -0.2) is 7.11 Å². The van der Waals surface area contributed by atoms with Crippen LogP contribution in [0.2, 0.25) is 5.02 Å². The molecule has 0 N–H and O–H groups in total. The average Bonchev–Trinajstić information content (AvgIpc) is 2.31. The highest BCUT2D eigenvalue weighted by Crippen LogP contribution is 2.27. The Morgan fingerprint density at radius 2 is 1.82 bits per heavy atom. The summed E-state index contributed by atoms with van der Waals surface area (Å²) >= 11 is 5.95. The van der Waals surface area contributed by atoms with Gasteiger partial charge in [-0.2, -0.15) is 0 Å². The van der Waals surface area contributed by atoms with Crippen molar-refractivity contribution in [1.29, 1.82) is 0 Å². The molecule has 0 bridgehead atoms. The Morgan fingerprint density at radius 1 is 1.12 bits per heavy atom. The van der Waals surface area contributed by atoms with E-state index in [2.05, 4.69) is 0 Å². The van der Waals surface area contributed by atoms with Gasteiger partial charge in [0.25, 0.3) is 0 Å². The molecule has 0 unspecified atom stereocenters. The Kier molecular flexibility index (Phi) is 3.77. The highest BCUT2D eigenvalue weighted by molar-refractivity contribution is 6.30. The predicted molar refractivity (Wildman–Crippen MR) is 67.6 cm³/mol. The topological polar surface area (TPSA) is 9.23 Å². The van der Waals surface area contributed by atoms with Crippen molar-refractivity contribution in [2.24, 2.45) is 0 Å². The third kappa shape index (κ3) is 2.84. The van der Waals surface area contributed by atoms with Crippen LogP contribution in [0.1, 0.15) is 5.56 Å². The van der Waals surface area contributed by atoms with Crippen molar-refractivity contribution in [1.82, 2.24) is 0 Å². The second-order valence-corrected chi connectivity index (χ2v) is 4.18. The molecule has 0 spiro atoms. The van der Waals surface area contributed by atoms with Crippen LogP contribution in [0.3, 0.4) is 0 Å². The minimum Gasteiger partial charge on any atom is -0.380 e. The zero-order valence-corrected chi connectivity index (χ0v) is 10.2. The highest BCUT2D eigenvalue weighted by Gasteiger charge is 2.06. The molecule has 88 valence electrons. The zero-order valence-electron chi connectivity index (χ0n) is 9.41. The number of benzene rings is 2. The van der Waals surface area contributed by atoms with Gasteiger partial charge in [0.1, 0.15) is 5.82 Å². The SMILES string of the molecule is COCc1cc(Cl)ccc1-c1ccc(F)cc1. The van der Waals surface area contributed by atoms with E-state index >= 15 is 0 Å². The first-order valence-electron chi connectivity index (χ1n) is 5.24. The molecule has 0 amide bonds.